The van der Waals surface area contributed by atoms with Crippen LogP contribution in [0.4, 0.5) is 14.9 Å². The van der Waals surface area contributed by atoms with Crippen molar-refractivity contribution in [3.8, 4) is 0 Å². The number of hydrogen-bond acceptors (Lipinski definition) is 2. The summed E-state index contributed by atoms with van der Waals surface area (Å²) in [4.78, 5) is 28.6. The third-order valence-electron chi connectivity index (χ3n) is 5.45. The van der Waals surface area contributed by atoms with E-state index in [2.05, 4.69) is 5.32 Å². The summed E-state index contributed by atoms with van der Waals surface area (Å²) in [5.74, 6) is -0.199. The summed E-state index contributed by atoms with van der Waals surface area (Å²) >= 11 is 0. The second-order valence-electron chi connectivity index (χ2n) is 7.45. The van der Waals surface area contributed by atoms with Gasteiger partial charge in [0.05, 0.1) is 0 Å². The second-order valence-corrected chi connectivity index (χ2v) is 7.45. The molecule has 2 heterocycles. The molecule has 140 valence electrons. The van der Waals surface area contributed by atoms with Gasteiger partial charge >= 0.3 is 6.03 Å². The zero-order chi connectivity index (χ0) is 18.9. The minimum atomic E-state index is -0.313. The van der Waals surface area contributed by atoms with Gasteiger partial charge in [-0.1, -0.05) is 30.3 Å². The van der Waals surface area contributed by atoms with Crippen molar-refractivity contribution in [2.75, 3.05) is 24.5 Å². The number of nitrogens with one attached hydrogen (secondary N) is 1. The van der Waals surface area contributed by atoms with E-state index in [1.165, 1.54) is 12.1 Å². The lowest BCUT2D eigenvalue weighted by Crippen LogP contribution is -2.40. The minimum absolute atomic E-state index is 0.114. The summed E-state index contributed by atoms with van der Waals surface area (Å²) in [5, 5.41) is 2.85. The van der Waals surface area contributed by atoms with Crippen LogP contribution in [0.15, 0.2) is 54.6 Å². The first-order valence-corrected chi connectivity index (χ1v) is 9.17. The molecule has 2 aliphatic rings. The standard InChI is InChI=1S/C21H22FN3O2/c22-17-6-4-5-16(11-17)13-23-20(27)24-10-9-21(14-24)12-19(26)25(15-21)18-7-2-1-3-8-18/h1-8,11H,9-10,12-15H2,(H,23,27)/t21-/m0/s1. The number of carbonyl (C=O) groups is 2. The first-order chi connectivity index (χ1) is 13.0. The third-order valence-corrected chi connectivity index (χ3v) is 5.45. The topological polar surface area (TPSA) is 52.7 Å². The van der Waals surface area contributed by atoms with Crippen LogP contribution in [0.5, 0.6) is 0 Å². The van der Waals surface area contributed by atoms with E-state index in [4.69, 9.17) is 0 Å². The van der Waals surface area contributed by atoms with Crippen LogP contribution in [-0.2, 0) is 11.3 Å². The number of rotatable bonds is 3. The zero-order valence-corrected chi connectivity index (χ0v) is 15.0. The highest BCUT2D eigenvalue weighted by molar-refractivity contribution is 5.96. The second kappa shape index (κ2) is 7.02. The van der Waals surface area contributed by atoms with E-state index >= 15 is 0 Å². The maximum absolute atomic E-state index is 13.2. The number of nitrogens with zero attached hydrogens (tertiary/aromatic N) is 2. The normalized spacial score (nSPS) is 21.9. The van der Waals surface area contributed by atoms with Gasteiger partial charge < -0.3 is 15.1 Å². The van der Waals surface area contributed by atoms with E-state index in [0.717, 1.165) is 17.7 Å². The number of urea groups is 1. The smallest absolute Gasteiger partial charge is 0.317 e. The number of likely N-dealkylation sites (tertiary alicyclic amines) is 1. The van der Waals surface area contributed by atoms with Gasteiger partial charge in [-0.3, -0.25) is 4.79 Å². The molecule has 2 aliphatic heterocycles. The van der Waals surface area contributed by atoms with Crippen LogP contribution < -0.4 is 10.2 Å². The van der Waals surface area contributed by atoms with Crippen molar-refractivity contribution in [1.82, 2.24) is 10.2 Å². The fourth-order valence-corrected chi connectivity index (χ4v) is 4.06. The molecule has 27 heavy (non-hydrogen) atoms. The van der Waals surface area contributed by atoms with Crippen molar-refractivity contribution in [3.05, 3.63) is 66.0 Å². The van der Waals surface area contributed by atoms with Gasteiger partial charge in [0.15, 0.2) is 0 Å². The summed E-state index contributed by atoms with van der Waals surface area (Å²) in [5.41, 5.74) is 1.46. The van der Waals surface area contributed by atoms with Gasteiger partial charge in [0.1, 0.15) is 5.82 Å². The largest absolute Gasteiger partial charge is 0.334 e. The van der Waals surface area contributed by atoms with Crippen LogP contribution in [0, 0.1) is 11.2 Å². The van der Waals surface area contributed by atoms with Crippen LogP contribution in [0.2, 0.25) is 0 Å². The van der Waals surface area contributed by atoms with Gasteiger partial charge in [-0.2, -0.15) is 0 Å². The SMILES string of the molecule is O=C(NCc1cccc(F)c1)N1CC[C@]2(CC(=O)N(c3ccccc3)C2)C1. The summed E-state index contributed by atoms with van der Waals surface area (Å²) in [7, 11) is 0. The van der Waals surface area contributed by atoms with Gasteiger partial charge in [0.2, 0.25) is 5.91 Å². The molecular weight excluding hydrogens is 345 g/mol. The maximum Gasteiger partial charge on any atom is 0.317 e. The fourth-order valence-electron chi connectivity index (χ4n) is 4.06. The molecule has 0 radical (unpaired) electrons. The Labute approximate surface area is 157 Å². The lowest BCUT2D eigenvalue weighted by Gasteiger charge is -2.24. The predicted octanol–water partition coefficient (Wildman–Crippen LogP) is 3.16. The van der Waals surface area contributed by atoms with Crippen molar-refractivity contribution < 1.29 is 14.0 Å². The lowest BCUT2D eigenvalue weighted by molar-refractivity contribution is -0.117. The van der Waals surface area contributed by atoms with Crippen molar-refractivity contribution in [2.45, 2.75) is 19.4 Å². The molecule has 4 rings (SSSR count). The van der Waals surface area contributed by atoms with Crippen LogP contribution >= 0.6 is 0 Å². The molecule has 2 aromatic carbocycles. The van der Waals surface area contributed by atoms with E-state index in [-0.39, 0.29) is 29.7 Å². The summed E-state index contributed by atoms with van der Waals surface area (Å²) in [6.45, 7) is 2.13. The number of hydrogen-bond donors (Lipinski definition) is 1. The molecule has 2 fully saturated rings. The van der Waals surface area contributed by atoms with E-state index in [1.54, 1.807) is 17.0 Å². The molecule has 1 atom stereocenters. The molecule has 2 saturated heterocycles. The molecular formula is C21H22FN3O2. The highest BCUT2D eigenvalue weighted by Gasteiger charge is 2.48. The van der Waals surface area contributed by atoms with Gasteiger partial charge in [0, 0.05) is 43.7 Å². The van der Waals surface area contributed by atoms with E-state index in [0.29, 0.717) is 26.1 Å². The Balaban J connectivity index is 1.37. The van der Waals surface area contributed by atoms with Gasteiger partial charge in [-0.15, -0.1) is 0 Å². The molecule has 0 unspecified atom stereocenters. The highest BCUT2D eigenvalue weighted by Crippen LogP contribution is 2.41. The van der Waals surface area contributed by atoms with Gasteiger partial charge in [-0.25, -0.2) is 9.18 Å². The number of para-hydroxylation sites is 1. The van der Waals surface area contributed by atoms with E-state index in [9.17, 15) is 14.0 Å². The molecule has 1 N–H and O–H groups in total. The van der Waals surface area contributed by atoms with Gasteiger partial charge in [0.25, 0.3) is 0 Å². The number of carbonyl (C=O) groups excluding carboxylic acids is 2. The fraction of sp³-hybridized carbons (Fsp3) is 0.333. The lowest BCUT2D eigenvalue weighted by atomic mass is 9.86. The predicted molar refractivity (Wildman–Crippen MR) is 101 cm³/mol. The molecule has 6 heteroatoms. The number of amides is 3. The number of halogens is 1. The van der Waals surface area contributed by atoms with Gasteiger partial charge in [-0.05, 0) is 36.2 Å². The molecule has 0 aliphatic carbocycles. The third kappa shape index (κ3) is 3.65. The zero-order valence-electron chi connectivity index (χ0n) is 15.0. The maximum atomic E-state index is 13.2. The van der Waals surface area contributed by atoms with Crippen molar-refractivity contribution in [1.29, 1.82) is 0 Å². The Morgan fingerprint density at radius 1 is 1.11 bits per heavy atom. The Morgan fingerprint density at radius 2 is 1.93 bits per heavy atom. The van der Waals surface area contributed by atoms with Crippen molar-refractivity contribution in [2.24, 2.45) is 5.41 Å². The summed E-state index contributed by atoms with van der Waals surface area (Å²) in [6, 6.07) is 15.7. The van der Waals surface area contributed by atoms with Crippen LogP contribution in [-0.4, -0.2) is 36.5 Å². The molecule has 5 nitrogen and oxygen atoms in total. The van der Waals surface area contributed by atoms with Crippen molar-refractivity contribution >= 4 is 17.6 Å². The Bertz CT molecular complexity index is 858. The Morgan fingerprint density at radius 3 is 2.70 bits per heavy atom. The average Bonchev–Trinajstić information content (AvgIpc) is 3.23. The average molecular weight is 367 g/mol. The Hall–Kier alpha value is -2.89. The molecule has 0 saturated carbocycles. The van der Waals surface area contributed by atoms with Crippen molar-refractivity contribution in [3.63, 3.8) is 0 Å². The monoisotopic (exact) mass is 367 g/mol. The van der Waals surface area contributed by atoms with Crippen LogP contribution in [0.3, 0.4) is 0 Å². The highest BCUT2D eigenvalue weighted by atomic mass is 19.1. The van der Waals surface area contributed by atoms with E-state index < -0.39 is 0 Å². The molecule has 2 aromatic rings. The number of benzene rings is 2. The first kappa shape index (κ1) is 17.5. The number of anilines is 1. The molecule has 3 amide bonds. The molecule has 0 bridgehead atoms. The molecule has 0 aromatic heterocycles. The quantitative estimate of drug-likeness (QED) is 0.906. The molecule has 1 spiro atoms. The Kier molecular flexibility index (Phi) is 4.56. The minimum Gasteiger partial charge on any atom is -0.334 e. The first-order valence-electron chi connectivity index (χ1n) is 9.17. The van der Waals surface area contributed by atoms with E-state index in [1.807, 2.05) is 35.2 Å². The summed E-state index contributed by atoms with van der Waals surface area (Å²) in [6.07, 6.45) is 1.28. The summed E-state index contributed by atoms with van der Waals surface area (Å²) < 4.78 is 13.2. The van der Waals surface area contributed by atoms with Crippen LogP contribution in [0.1, 0.15) is 18.4 Å². The van der Waals surface area contributed by atoms with Crippen LogP contribution in [0.25, 0.3) is 0 Å².